The van der Waals surface area contributed by atoms with Gasteiger partial charge in [-0.15, -0.1) is 0 Å². The molecule has 3 heterocycles. The minimum absolute atomic E-state index is 0.0176. The van der Waals surface area contributed by atoms with Gasteiger partial charge in [-0.1, -0.05) is 116 Å². The molecule has 3 aliphatic heterocycles. The second-order valence-electron chi connectivity index (χ2n) is 32.3. The Hall–Kier alpha value is -8.70. The van der Waals surface area contributed by atoms with Crippen LogP contribution in [0.15, 0.2) is 48.5 Å². The number of nitrogens with two attached hydrogens (primary N) is 2. The number of hydrogen-bond donors (Lipinski definition) is 20. The predicted molar refractivity (Wildman–Crippen MR) is 449 cm³/mol. The van der Waals surface area contributed by atoms with E-state index in [1.165, 1.54) is 30.3 Å². The normalized spacial score (nSPS) is 22.0. The fourth-order valence-corrected chi connectivity index (χ4v) is 15.1. The molecule has 37 nitrogen and oxygen atoms in total. The molecule has 18 unspecified atom stereocenters. The Morgan fingerprint density at radius 3 is 1.83 bits per heavy atom. The molecule has 121 heavy (non-hydrogen) atoms. The predicted octanol–water partition coefficient (Wildman–Crippen LogP) is -1.87. The number of carbonyl (C=O) groups is 13. The zero-order valence-electron chi connectivity index (χ0n) is 71.0. The molecule has 0 aliphatic carbocycles. The van der Waals surface area contributed by atoms with Crippen molar-refractivity contribution >= 4 is 89.1 Å². The molecule has 0 bridgehead atoms. The Morgan fingerprint density at radius 1 is 0.612 bits per heavy atom. The number of rotatable bonds is 49. The Balaban J connectivity index is 1.21. The van der Waals surface area contributed by atoms with E-state index in [2.05, 4.69) is 79.3 Å². The Morgan fingerprint density at radius 2 is 1.21 bits per heavy atom. The summed E-state index contributed by atoms with van der Waals surface area (Å²) < 4.78 is 11.3. The summed E-state index contributed by atoms with van der Waals surface area (Å²) in [4.78, 5) is 182. The molecule has 5 rings (SSSR count). The van der Waals surface area contributed by atoms with Crippen LogP contribution in [0.4, 0.5) is 0 Å². The Kier molecular flexibility index (Phi) is 46.5. The number of carbonyl (C=O) groups excluding carboxylic acids is 13. The summed E-state index contributed by atoms with van der Waals surface area (Å²) in [6.07, 6.45) is -1.63. The van der Waals surface area contributed by atoms with Gasteiger partial charge in [0.05, 0.1) is 50.8 Å². The van der Waals surface area contributed by atoms with Crippen LogP contribution in [0.3, 0.4) is 0 Å². The topological polar surface area (TPSA) is 573 Å². The standard InChI is InChI=1S/C83H135N15O22S/c1-8-50(4)41-51(5)16-13-11-9-10-12-14-18-69(107)91-63-43-57(102)46-89-79(114)64-17-15-34-97(64)83(118)71(95-81(116)72(74(109)73(108)55-23-25-56(101)26-24-55)96-80(115)65-44-58(103)47-98(65)82(117)70(52(6)100)94-78(63)113)66(104)29-31-86-67(105)27-28-68(106)87-32-35-119-37-38-120-36-33-88-75(110)62(42-53-19-21-54(22-20-53)59(85)45-84)93-77(112)61(40-49(2)3)92-76(111)60(90-48-99)30-39-121-7/h19-26,48-52,57-66,70-74,100-104,108-109H,8-18,27-47,84-85H2,1-7H3,(H,86,105)(H,87,106)(H,88,110)(H,89,114)(H,90,99)(H,91,107)(H,92,111)(H,93,112)(H,94,113)(H,95,116)(H,96,115). The minimum atomic E-state index is -2.35. The second-order valence-corrected chi connectivity index (χ2v) is 33.3. The summed E-state index contributed by atoms with van der Waals surface area (Å²) in [5, 5.41) is 108. The third kappa shape index (κ3) is 36.0. The van der Waals surface area contributed by atoms with Gasteiger partial charge in [0.2, 0.25) is 77.3 Å². The SMILES string of the molecule is CCC(C)CC(C)CCCCCCCCC(=O)NC1CC(O)CNC(=O)C2CCCN2C(=O)C(C(O)CCNC(=O)CCC(=O)NCCOCCOCCNC(=O)C(Cc2ccc(C(N)CN)cc2)NC(=O)C(CC(C)C)NC(=O)C(CCSC)NC=O)NC(=O)C(C(O)C(O)c2ccc(O)cc2)NC(=O)C2CC(O)CN2C(=O)C(C(C)O)NC1=O. The number of phenols is 1. The van der Waals surface area contributed by atoms with Gasteiger partial charge in [-0.05, 0) is 110 Å². The third-order valence-electron chi connectivity index (χ3n) is 21.8. The van der Waals surface area contributed by atoms with E-state index < -0.39 is 207 Å². The largest absolute Gasteiger partial charge is 0.508 e. The lowest BCUT2D eigenvalue weighted by atomic mass is 9.91. The second kappa shape index (κ2) is 54.7. The first-order valence-corrected chi connectivity index (χ1v) is 43.9. The summed E-state index contributed by atoms with van der Waals surface area (Å²) in [5.41, 5.74) is 13.3. The zero-order valence-corrected chi connectivity index (χ0v) is 71.8. The van der Waals surface area contributed by atoms with Gasteiger partial charge in [0.15, 0.2) is 0 Å². The number of hydrogen-bond acceptors (Lipinski definition) is 25. The van der Waals surface area contributed by atoms with Crippen LogP contribution in [0, 0.1) is 17.8 Å². The fourth-order valence-electron chi connectivity index (χ4n) is 14.6. The van der Waals surface area contributed by atoms with Gasteiger partial charge in [-0.25, -0.2) is 0 Å². The van der Waals surface area contributed by atoms with Gasteiger partial charge < -0.3 is 125 Å². The number of thioether (sulfide) groups is 1. The number of aliphatic hydroxyl groups is 6. The highest BCUT2D eigenvalue weighted by Crippen LogP contribution is 2.28. The molecule has 0 radical (unpaired) electrons. The van der Waals surface area contributed by atoms with E-state index in [1.807, 2.05) is 20.1 Å². The molecular weight excluding hydrogens is 1590 g/mol. The molecule has 3 aliphatic rings. The van der Waals surface area contributed by atoms with E-state index in [-0.39, 0.29) is 115 Å². The number of fused-ring (bicyclic) bond motifs is 2. The number of nitrogens with zero attached hydrogens (tertiary/aromatic N) is 2. The highest BCUT2D eigenvalue weighted by atomic mass is 32.2. The number of β-amino-alcohol motifs (C(OH)–C–C–N with tert-alkyl or cyclic N) is 1. The van der Waals surface area contributed by atoms with Crippen molar-refractivity contribution in [1.82, 2.24) is 68.3 Å². The maximum absolute atomic E-state index is 15.0. The van der Waals surface area contributed by atoms with Gasteiger partial charge in [-0.2, -0.15) is 11.8 Å². The molecule has 0 saturated carbocycles. The summed E-state index contributed by atoms with van der Waals surface area (Å²) in [5.74, 6) is -8.65. The molecule has 3 saturated heterocycles. The summed E-state index contributed by atoms with van der Waals surface area (Å²) in [6.45, 7) is 10.5. The number of aromatic hydroxyl groups is 1. The number of aliphatic hydroxyl groups excluding tert-OH is 6. The summed E-state index contributed by atoms with van der Waals surface area (Å²) in [7, 11) is 0. The van der Waals surface area contributed by atoms with E-state index in [4.69, 9.17) is 20.9 Å². The van der Waals surface area contributed by atoms with Crippen LogP contribution in [-0.4, -0.2) is 292 Å². The first-order chi connectivity index (χ1) is 57.7. The van der Waals surface area contributed by atoms with Crippen molar-refractivity contribution < 1.29 is 108 Å². The van der Waals surface area contributed by atoms with E-state index in [0.29, 0.717) is 48.8 Å². The van der Waals surface area contributed by atoms with E-state index in [9.17, 15) is 93.3 Å². The third-order valence-corrected chi connectivity index (χ3v) is 22.4. The van der Waals surface area contributed by atoms with Gasteiger partial charge in [-0.3, -0.25) is 62.3 Å². The lowest BCUT2D eigenvalue weighted by Crippen LogP contribution is -2.64. The van der Waals surface area contributed by atoms with Crippen LogP contribution >= 0.6 is 11.8 Å². The van der Waals surface area contributed by atoms with Crippen LogP contribution in [0.5, 0.6) is 5.75 Å². The molecule has 2 aromatic rings. The van der Waals surface area contributed by atoms with Crippen molar-refractivity contribution in [1.29, 1.82) is 0 Å². The highest BCUT2D eigenvalue weighted by molar-refractivity contribution is 7.98. The van der Waals surface area contributed by atoms with Crippen LogP contribution in [0.25, 0.3) is 0 Å². The molecule has 3 fully saturated rings. The van der Waals surface area contributed by atoms with Gasteiger partial charge >= 0.3 is 0 Å². The van der Waals surface area contributed by atoms with E-state index in [1.54, 1.807) is 24.3 Å². The number of nitrogens with one attached hydrogen (secondary N) is 11. The van der Waals surface area contributed by atoms with Crippen molar-refractivity contribution in [3.63, 3.8) is 0 Å². The molecule has 38 heteroatoms. The van der Waals surface area contributed by atoms with Crippen molar-refractivity contribution in [2.24, 2.45) is 29.2 Å². The summed E-state index contributed by atoms with van der Waals surface area (Å²) >= 11 is 1.49. The van der Waals surface area contributed by atoms with Crippen LogP contribution < -0.4 is 70.0 Å². The minimum Gasteiger partial charge on any atom is -0.508 e. The monoisotopic (exact) mass is 1730 g/mol. The molecule has 2 aromatic carbocycles. The highest BCUT2D eigenvalue weighted by Gasteiger charge is 2.48. The maximum atomic E-state index is 15.0. The number of ether oxygens (including phenoxy) is 2. The van der Waals surface area contributed by atoms with Gasteiger partial charge in [0.1, 0.15) is 72.3 Å². The molecule has 0 spiro atoms. The fraction of sp³-hybridized carbons (Fsp3) is 0.699. The average Bonchev–Trinajstić information content (AvgIpc) is 1.74. The quantitative estimate of drug-likeness (QED) is 0.0255. The van der Waals surface area contributed by atoms with Crippen LogP contribution in [0.2, 0.25) is 0 Å². The Labute approximate surface area is 713 Å². The summed E-state index contributed by atoms with van der Waals surface area (Å²) in [6, 6.07) is -2.50. The van der Waals surface area contributed by atoms with Crippen LogP contribution in [-0.2, 0) is 78.2 Å². The van der Waals surface area contributed by atoms with Gasteiger partial charge in [0.25, 0.3) is 0 Å². The van der Waals surface area contributed by atoms with Crippen molar-refractivity contribution in [2.75, 3.05) is 84.2 Å². The molecule has 0 aromatic heterocycles. The van der Waals surface area contributed by atoms with E-state index in [0.717, 1.165) is 72.9 Å². The Bertz CT molecular complexity index is 3590. The van der Waals surface area contributed by atoms with Crippen molar-refractivity contribution in [3.05, 3.63) is 65.2 Å². The van der Waals surface area contributed by atoms with Crippen molar-refractivity contribution in [3.8, 4) is 5.75 Å². The molecule has 18 atom stereocenters. The lowest BCUT2D eigenvalue weighted by molar-refractivity contribution is -0.147. The lowest BCUT2D eigenvalue weighted by Gasteiger charge is -2.34. The van der Waals surface area contributed by atoms with E-state index >= 15 is 4.79 Å². The van der Waals surface area contributed by atoms with Gasteiger partial charge in [0, 0.05) is 90.4 Å². The number of unbranched alkanes of at least 4 members (excludes halogenated alkanes) is 5. The molecule has 680 valence electrons. The molecule has 22 N–H and O–H groups in total. The number of phenolic OH excluding ortho intramolecular Hbond substituents is 1. The van der Waals surface area contributed by atoms with Crippen molar-refractivity contribution in [2.45, 2.75) is 267 Å². The zero-order chi connectivity index (χ0) is 89.3. The first kappa shape index (κ1) is 103. The van der Waals surface area contributed by atoms with Crippen LogP contribution in [0.1, 0.15) is 192 Å². The average molecular weight is 1730 g/mol. The molecular formula is C83H135N15O22S. The number of benzene rings is 2. The number of amides is 13. The maximum Gasteiger partial charge on any atom is 0.248 e. The smallest absolute Gasteiger partial charge is 0.248 e. The molecule has 13 amide bonds. The first-order valence-electron chi connectivity index (χ1n) is 42.5.